The van der Waals surface area contributed by atoms with Crippen molar-refractivity contribution in [3.8, 4) is 11.1 Å². The average Bonchev–Trinajstić information content (AvgIpc) is 3.09. The van der Waals surface area contributed by atoms with Crippen molar-refractivity contribution in [1.82, 2.24) is 5.32 Å². The Morgan fingerprint density at radius 1 is 0.938 bits per heavy atom. The first-order valence-corrected chi connectivity index (χ1v) is 9.83. The van der Waals surface area contributed by atoms with Crippen LogP contribution in [0, 0.1) is 17.5 Å². The monoisotopic (exact) mass is 441 g/mol. The number of halogens is 3. The summed E-state index contributed by atoms with van der Waals surface area (Å²) in [4.78, 5) is 23.8. The van der Waals surface area contributed by atoms with Crippen LogP contribution in [0.25, 0.3) is 11.1 Å². The summed E-state index contributed by atoms with van der Waals surface area (Å²) in [5.74, 6) is -6.17. The summed E-state index contributed by atoms with van der Waals surface area (Å²) in [5.41, 5.74) is 3.96. The number of nitrogens with one attached hydrogen (secondary N) is 1. The Bertz CT molecular complexity index is 1130. The number of hydrogen-bond acceptors (Lipinski definition) is 3. The molecule has 1 amide bonds. The first kappa shape index (κ1) is 21.4. The molecule has 32 heavy (non-hydrogen) atoms. The molecule has 0 fully saturated rings. The Labute approximate surface area is 181 Å². The van der Waals surface area contributed by atoms with Crippen molar-refractivity contribution in [1.29, 1.82) is 0 Å². The lowest BCUT2D eigenvalue weighted by molar-refractivity contribution is -0.139. The highest BCUT2D eigenvalue weighted by Crippen LogP contribution is 2.44. The van der Waals surface area contributed by atoms with Gasteiger partial charge in [0.2, 0.25) is 0 Å². The second-order valence-electron chi connectivity index (χ2n) is 7.44. The zero-order valence-electron chi connectivity index (χ0n) is 16.6. The molecule has 0 unspecified atom stereocenters. The second-order valence-corrected chi connectivity index (χ2v) is 7.44. The van der Waals surface area contributed by atoms with Crippen LogP contribution >= 0.6 is 0 Å². The number of carboxylic acid groups (broad SMARTS) is 1. The van der Waals surface area contributed by atoms with Crippen LogP contribution in [-0.2, 0) is 16.0 Å². The molecule has 2 N–H and O–H groups in total. The zero-order valence-corrected chi connectivity index (χ0v) is 16.6. The number of ether oxygens (including phenoxy) is 1. The van der Waals surface area contributed by atoms with Crippen LogP contribution in [0.3, 0.4) is 0 Å². The number of fused-ring (bicyclic) bond motifs is 3. The number of aliphatic carboxylic acids is 1. The highest BCUT2D eigenvalue weighted by molar-refractivity contribution is 5.81. The predicted molar refractivity (Wildman–Crippen MR) is 110 cm³/mol. The van der Waals surface area contributed by atoms with Crippen LogP contribution in [0.2, 0.25) is 0 Å². The summed E-state index contributed by atoms with van der Waals surface area (Å²) < 4.78 is 45.3. The maximum absolute atomic E-state index is 13.4. The first-order chi connectivity index (χ1) is 15.3. The molecule has 4 rings (SSSR count). The zero-order chi connectivity index (χ0) is 22.8. The van der Waals surface area contributed by atoms with Crippen molar-refractivity contribution < 1.29 is 32.6 Å². The van der Waals surface area contributed by atoms with Crippen LogP contribution < -0.4 is 5.32 Å². The molecule has 3 aromatic rings. The number of carboxylic acids is 1. The minimum atomic E-state index is -1.65. The maximum atomic E-state index is 13.4. The predicted octanol–water partition coefficient (Wildman–Crippen LogP) is 4.64. The van der Waals surface area contributed by atoms with Crippen LogP contribution in [0.15, 0.2) is 60.7 Å². The van der Waals surface area contributed by atoms with E-state index in [9.17, 15) is 27.9 Å². The van der Waals surface area contributed by atoms with Crippen LogP contribution in [0.1, 0.15) is 22.6 Å². The smallest absolute Gasteiger partial charge is 0.407 e. The molecule has 164 valence electrons. The van der Waals surface area contributed by atoms with E-state index in [-0.39, 0.29) is 18.1 Å². The number of alkyl carbamates (subject to hydrolysis) is 1. The van der Waals surface area contributed by atoms with E-state index in [0.717, 1.165) is 22.3 Å². The molecule has 1 atom stereocenters. The van der Waals surface area contributed by atoms with Gasteiger partial charge in [-0.25, -0.2) is 22.8 Å². The fourth-order valence-electron chi connectivity index (χ4n) is 3.94. The highest BCUT2D eigenvalue weighted by Gasteiger charge is 2.30. The minimum Gasteiger partial charge on any atom is -0.480 e. The van der Waals surface area contributed by atoms with Crippen molar-refractivity contribution in [2.75, 3.05) is 6.61 Å². The van der Waals surface area contributed by atoms with E-state index in [2.05, 4.69) is 5.32 Å². The SMILES string of the molecule is O=C(N[C@@H](Cc1cc(F)c(F)c(F)c1)C(=O)O)OCC1c2ccccc2-c2ccccc21. The molecular formula is C24H18F3NO4. The van der Waals surface area contributed by atoms with Gasteiger partial charge in [0.15, 0.2) is 17.5 Å². The molecular weight excluding hydrogens is 423 g/mol. The Balaban J connectivity index is 1.44. The molecule has 0 spiro atoms. The van der Waals surface area contributed by atoms with Crippen molar-refractivity contribution >= 4 is 12.1 Å². The second kappa shape index (κ2) is 8.74. The number of hydrogen-bond donors (Lipinski definition) is 2. The number of amides is 1. The molecule has 0 saturated carbocycles. The topological polar surface area (TPSA) is 75.6 Å². The third-order valence-electron chi connectivity index (χ3n) is 5.42. The summed E-state index contributed by atoms with van der Waals surface area (Å²) in [6.45, 7) is -0.0218. The van der Waals surface area contributed by atoms with Crippen molar-refractivity contribution in [3.05, 3.63) is 94.8 Å². The van der Waals surface area contributed by atoms with E-state index < -0.39 is 42.0 Å². The van der Waals surface area contributed by atoms with Gasteiger partial charge in [0.05, 0.1) is 0 Å². The summed E-state index contributed by atoms with van der Waals surface area (Å²) in [6.07, 6.45) is -1.43. The molecule has 0 saturated heterocycles. The van der Waals surface area contributed by atoms with Crippen LogP contribution in [0.5, 0.6) is 0 Å². The number of benzene rings is 3. The molecule has 0 aliphatic heterocycles. The van der Waals surface area contributed by atoms with Gasteiger partial charge in [-0.05, 0) is 39.9 Å². The fourth-order valence-corrected chi connectivity index (χ4v) is 3.94. The van der Waals surface area contributed by atoms with Crippen molar-refractivity contribution in [2.24, 2.45) is 0 Å². The molecule has 0 heterocycles. The minimum absolute atomic E-state index is 0.0218. The summed E-state index contributed by atoms with van der Waals surface area (Å²) >= 11 is 0. The lowest BCUT2D eigenvalue weighted by Gasteiger charge is -2.17. The Hall–Kier alpha value is -3.81. The molecule has 0 bridgehead atoms. The highest BCUT2D eigenvalue weighted by atomic mass is 19.2. The first-order valence-electron chi connectivity index (χ1n) is 9.83. The largest absolute Gasteiger partial charge is 0.480 e. The number of carbonyl (C=O) groups excluding carboxylic acids is 1. The quantitative estimate of drug-likeness (QED) is 0.547. The fraction of sp³-hybridized carbons (Fsp3) is 0.167. The molecule has 1 aliphatic carbocycles. The van der Waals surface area contributed by atoms with E-state index in [4.69, 9.17) is 4.74 Å². The normalized spacial score (nSPS) is 13.2. The molecule has 0 aromatic heterocycles. The Morgan fingerprint density at radius 2 is 1.47 bits per heavy atom. The van der Waals surface area contributed by atoms with Crippen molar-refractivity contribution in [3.63, 3.8) is 0 Å². The lowest BCUT2D eigenvalue weighted by atomic mass is 9.98. The average molecular weight is 441 g/mol. The van der Waals surface area contributed by atoms with Crippen LogP contribution in [0.4, 0.5) is 18.0 Å². The van der Waals surface area contributed by atoms with Crippen molar-refractivity contribution in [2.45, 2.75) is 18.4 Å². The third kappa shape index (κ3) is 4.16. The van der Waals surface area contributed by atoms with Gasteiger partial charge in [0.1, 0.15) is 12.6 Å². The third-order valence-corrected chi connectivity index (χ3v) is 5.42. The lowest BCUT2D eigenvalue weighted by Crippen LogP contribution is -2.43. The Morgan fingerprint density at radius 3 is 2.00 bits per heavy atom. The molecule has 0 radical (unpaired) electrons. The van der Waals surface area contributed by atoms with Gasteiger partial charge in [0.25, 0.3) is 0 Å². The molecule has 3 aromatic carbocycles. The van der Waals surface area contributed by atoms with E-state index in [0.29, 0.717) is 12.1 Å². The standard InChI is InChI=1S/C24H18F3NO4/c25-19-9-13(10-20(26)22(19)27)11-21(23(29)30)28-24(31)32-12-18-16-7-3-1-5-14(16)15-6-2-4-8-17(15)18/h1-10,18,21H,11-12H2,(H,28,31)(H,29,30)/t21-/m0/s1. The molecule has 1 aliphatic rings. The van der Waals surface area contributed by atoms with E-state index in [1.54, 1.807) is 0 Å². The van der Waals surface area contributed by atoms with Gasteiger partial charge in [-0.3, -0.25) is 0 Å². The van der Waals surface area contributed by atoms with E-state index in [1.165, 1.54) is 0 Å². The van der Waals surface area contributed by atoms with Gasteiger partial charge < -0.3 is 15.2 Å². The van der Waals surface area contributed by atoms with Gasteiger partial charge >= 0.3 is 12.1 Å². The van der Waals surface area contributed by atoms with Crippen LogP contribution in [-0.4, -0.2) is 29.8 Å². The van der Waals surface area contributed by atoms with Gasteiger partial charge in [-0.15, -0.1) is 0 Å². The van der Waals surface area contributed by atoms with Gasteiger partial charge in [0, 0.05) is 12.3 Å². The van der Waals surface area contributed by atoms with E-state index >= 15 is 0 Å². The van der Waals surface area contributed by atoms with Gasteiger partial charge in [-0.1, -0.05) is 48.5 Å². The Kier molecular flexibility index (Phi) is 5.85. The summed E-state index contributed by atoms with van der Waals surface area (Å²) in [7, 11) is 0. The van der Waals surface area contributed by atoms with Gasteiger partial charge in [-0.2, -0.15) is 0 Å². The summed E-state index contributed by atoms with van der Waals surface area (Å²) in [5, 5.41) is 11.6. The molecule has 8 heteroatoms. The molecule has 5 nitrogen and oxygen atoms in total. The number of carbonyl (C=O) groups is 2. The van der Waals surface area contributed by atoms with E-state index in [1.807, 2.05) is 48.5 Å². The maximum Gasteiger partial charge on any atom is 0.407 e. The summed E-state index contributed by atoms with van der Waals surface area (Å²) in [6, 6.07) is 15.3. The number of rotatable bonds is 6.